The maximum absolute atomic E-state index is 14.1. The van der Waals surface area contributed by atoms with Crippen LogP contribution < -0.4 is 10.2 Å². The molecule has 0 saturated carbocycles. The van der Waals surface area contributed by atoms with Crippen LogP contribution >= 0.6 is 0 Å². The molecule has 1 aliphatic rings. The van der Waals surface area contributed by atoms with E-state index in [4.69, 9.17) is 0 Å². The van der Waals surface area contributed by atoms with Gasteiger partial charge in [-0.25, -0.2) is 4.39 Å². The number of hydrogen-bond donors (Lipinski definition) is 1. The topological polar surface area (TPSA) is 32.3 Å². The van der Waals surface area contributed by atoms with Crippen LogP contribution in [-0.4, -0.2) is 25.0 Å². The average Bonchev–Trinajstić information content (AvgIpc) is 2.51. The lowest BCUT2D eigenvalue weighted by Gasteiger charge is -2.35. The van der Waals surface area contributed by atoms with Gasteiger partial charge in [-0.1, -0.05) is 19.9 Å². The minimum Gasteiger partial charge on any atom is -0.367 e. The second-order valence-electron chi connectivity index (χ2n) is 6.26. The molecule has 1 heterocycles. The summed E-state index contributed by atoms with van der Waals surface area (Å²) in [6.07, 6.45) is 3.67. The number of halogens is 1. The van der Waals surface area contributed by atoms with Crippen molar-refractivity contribution in [3.8, 4) is 0 Å². The summed E-state index contributed by atoms with van der Waals surface area (Å²) in [4.78, 5) is 14.3. The van der Waals surface area contributed by atoms with Crippen LogP contribution in [0.5, 0.6) is 0 Å². The van der Waals surface area contributed by atoms with Crippen LogP contribution in [0.3, 0.4) is 0 Å². The van der Waals surface area contributed by atoms with E-state index in [2.05, 4.69) is 10.2 Å². The van der Waals surface area contributed by atoms with E-state index >= 15 is 0 Å². The van der Waals surface area contributed by atoms with Gasteiger partial charge in [0, 0.05) is 25.0 Å². The Bertz CT molecular complexity index is 514. The molecule has 122 valence electrons. The fourth-order valence-electron chi connectivity index (χ4n) is 3.16. The first kappa shape index (κ1) is 16.8. The van der Waals surface area contributed by atoms with E-state index in [0.717, 1.165) is 37.8 Å². The molecule has 1 atom stereocenters. The Hall–Kier alpha value is -1.58. The summed E-state index contributed by atoms with van der Waals surface area (Å²) in [5.74, 6) is 0.0465. The Morgan fingerprint density at radius 2 is 2.14 bits per heavy atom. The van der Waals surface area contributed by atoms with Crippen LogP contribution in [0.1, 0.15) is 45.1 Å². The number of benzene rings is 1. The number of nitrogens with zero attached hydrogens (tertiary/aromatic N) is 1. The molecule has 1 fully saturated rings. The van der Waals surface area contributed by atoms with Gasteiger partial charge in [0.15, 0.2) is 0 Å². The molecule has 1 N–H and O–H groups in total. The first-order chi connectivity index (χ1) is 10.5. The van der Waals surface area contributed by atoms with Gasteiger partial charge < -0.3 is 10.2 Å². The first-order valence-corrected chi connectivity index (χ1v) is 8.36. The van der Waals surface area contributed by atoms with E-state index in [1.165, 1.54) is 6.07 Å². The maximum atomic E-state index is 14.1. The standard InChI is InChI=1S/C18H27FN2O/c1-4-14(5-2)18(22)20-15-7-6-10-21(12-15)17-11-13(3)8-9-16(17)19/h8-9,11,14-15H,4-7,10,12H2,1-3H3,(H,20,22). The van der Waals surface area contributed by atoms with E-state index in [-0.39, 0.29) is 23.7 Å². The number of nitrogens with one attached hydrogen (secondary N) is 1. The number of anilines is 1. The lowest BCUT2D eigenvalue weighted by Crippen LogP contribution is -2.49. The van der Waals surface area contributed by atoms with Crippen LogP contribution in [0.2, 0.25) is 0 Å². The Kier molecular flexibility index (Phi) is 5.81. The summed E-state index contributed by atoms with van der Waals surface area (Å²) in [5, 5.41) is 3.15. The zero-order valence-corrected chi connectivity index (χ0v) is 13.9. The van der Waals surface area contributed by atoms with Gasteiger partial charge in [0.2, 0.25) is 5.91 Å². The van der Waals surface area contributed by atoms with Crippen LogP contribution in [0, 0.1) is 18.7 Å². The van der Waals surface area contributed by atoms with Gasteiger partial charge in [-0.3, -0.25) is 4.79 Å². The second-order valence-corrected chi connectivity index (χ2v) is 6.26. The lowest BCUT2D eigenvalue weighted by molar-refractivity contribution is -0.126. The number of rotatable bonds is 5. The Balaban J connectivity index is 2.03. The zero-order chi connectivity index (χ0) is 16.1. The van der Waals surface area contributed by atoms with Crippen LogP contribution in [0.25, 0.3) is 0 Å². The van der Waals surface area contributed by atoms with E-state index in [1.54, 1.807) is 6.07 Å². The molecule has 1 amide bonds. The molecule has 1 saturated heterocycles. The van der Waals surface area contributed by atoms with Crippen molar-refractivity contribution in [3.05, 3.63) is 29.6 Å². The third-order valence-corrected chi connectivity index (χ3v) is 4.57. The monoisotopic (exact) mass is 306 g/mol. The molecule has 2 rings (SSSR count). The summed E-state index contributed by atoms with van der Waals surface area (Å²) in [6.45, 7) is 7.59. The minimum absolute atomic E-state index is 0.0890. The maximum Gasteiger partial charge on any atom is 0.223 e. The Morgan fingerprint density at radius 3 is 2.82 bits per heavy atom. The fourth-order valence-corrected chi connectivity index (χ4v) is 3.16. The molecule has 1 aromatic rings. The van der Waals surface area contributed by atoms with Gasteiger partial charge >= 0.3 is 0 Å². The number of carbonyl (C=O) groups excluding carboxylic acids is 1. The molecule has 1 unspecified atom stereocenters. The van der Waals surface area contributed by atoms with Crippen molar-refractivity contribution in [3.63, 3.8) is 0 Å². The van der Waals surface area contributed by atoms with Crippen molar-refractivity contribution >= 4 is 11.6 Å². The summed E-state index contributed by atoms with van der Waals surface area (Å²) in [5.41, 5.74) is 1.71. The average molecular weight is 306 g/mol. The van der Waals surface area contributed by atoms with Gasteiger partial charge in [0.25, 0.3) is 0 Å². The van der Waals surface area contributed by atoms with Crippen LogP contribution in [0.4, 0.5) is 10.1 Å². The van der Waals surface area contributed by atoms with Gasteiger partial charge in [0.1, 0.15) is 5.82 Å². The quantitative estimate of drug-likeness (QED) is 0.900. The minimum atomic E-state index is -0.183. The zero-order valence-electron chi connectivity index (χ0n) is 13.9. The smallest absolute Gasteiger partial charge is 0.223 e. The van der Waals surface area contributed by atoms with E-state index < -0.39 is 0 Å². The fraction of sp³-hybridized carbons (Fsp3) is 0.611. The molecular formula is C18H27FN2O. The van der Waals surface area contributed by atoms with Crippen molar-refractivity contribution in [1.82, 2.24) is 5.32 Å². The van der Waals surface area contributed by atoms with Gasteiger partial charge in [-0.05, 0) is 50.3 Å². The highest BCUT2D eigenvalue weighted by Gasteiger charge is 2.25. The molecule has 0 spiro atoms. The van der Waals surface area contributed by atoms with Gasteiger partial charge in [0.05, 0.1) is 5.69 Å². The van der Waals surface area contributed by atoms with Gasteiger partial charge in [-0.15, -0.1) is 0 Å². The number of aryl methyl sites for hydroxylation is 1. The normalized spacial score (nSPS) is 18.6. The molecule has 4 heteroatoms. The van der Waals surface area contributed by atoms with Crippen LogP contribution in [0.15, 0.2) is 18.2 Å². The highest BCUT2D eigenvalue weighted by molar-refractivity contribution is 5.79. The SMILES string of the molecule is CCC(CC)C(=O)NC1CCCN(c2cc(C)ccc2F)C1. The van der Waals surface area contributed by atoms with Crippen molar-refractivity contribution in [2.24, 2.45) is 5.92 Å². The first-order valence-electron chi connectivity index (χ1n) is 8.36. The third kappa shape index (κ3) is 3.99. The predicted molar refractivity (Wildman–Crippen MR) is 88.6 cm³/mol. The molecule has 0 bridgehead atoms. The largest absolute Gasteiger partial charge is 0.367 e. The third-order valence-electron chi connectivity index (χ3n) is 4.57. The molecule has 1 aliphatic heterocycles. The number of amides is 1. The molecule has 1 aromatic carbocycles. The molecule has 0 radical (unpaired) electrons. The Morgan fingerprint density at radius 1 is 1.41 bits per heavy atom. The van der Waals surface area contributed by atoms with Crippen molar-refractivity contribution < 1.29 is 9.18 Å². The van der Waals surface area contributed by atoms with E-state index in [0.29, 0.717) is 12.2 Å². The number of carbonyl (C=O) groups is 1. The molecule has 0 aromatic heterocycles. The lowest BCUT2D eigenvalue weighted by atomic mass is 9.99. The van der Waals surface area contributed by atoms with Crippen molar-refractivity contribution in [1.29, 1.82) is 0 Å². The molecule has 0 aliphatic carbocycles. The Labute approximate surface area is 132 Å². The summed E-state index contributed by atoms with van der Waals surface area (Å²) < 4.78 is 14.1. The van der Waals surface area contributed by atoms with Crippen molar-refractivity contribution in [2.75, 3.05) is 18.0 Å². The van der Waals surface area contributed by atoms with Crippen molar-refractivity contribution in [2.45, 2.75) is 52.5 Å². The van der Waals surface area contributed by atoms with Gasteiger partial charge in [-0.2, -0.15) is 0 Å². The highest BCUT2D eigenvalue weighted by Crippen LogP contribution is 2.24. The highest BCUT2D eigenvalue weighted by atomic mass is 19.1. The summed E-state index contributed by atoms with van der Waals surface area (Å²) in [6, 6.07) is 5.31. The van der Waals surface area contributed by atoms with E-state index in [1.807, 2.05) is 26.8 Å². The molecule has 3 nitrogen and oxygen atoms in total. The predicted octanol–water partition coefficient (Wildman–Crippen LogP) is 3.66. The number of hydrogen-bond acceptors (Lipinski definition) is 2. The second kappa shape index (κ2) is 7.61. The van der Waals surface area contributed by atoms with E-state index in [9.17, 15) is 9.18 Å². The summed E-state index contributed by atoms with van der Waals surface area (Å²) >= 11 is 0. The molecule has 22 heavy (non-hydrogen) atoms. The summed E-state index contributed by atoms with van der Waals surface area (Å²) in [7, 11) is 0. The molecular weight excluding hydrogens is 279 g/mol. The number of piperidine rings is 1. The van der Waals surface area contributed by atoms with Crippen LogP contribution in [-0.2, 0) is 4.79 Å².